The van der Waals surface area contributed by atoms with Crippen LogP contribution in [-0.4, -0.2) is 53.5 Å². The maximum absolute atomic E-state index is 10.3. The largest absolute Gasteiger partial charge is 0.378 e. The standard InChI is InChI=1S/C31H36O5/c1-27(2,32)16-11-22-21-23(12-17-28(3,4)33)25(14-19-30(7,8)35)26(15-20-31(9,10)36)24(22)13-18-29(5,6)34/h21,32-36H,1-10H3. The van der Waals surface area contributed by atoms with Crippen molar-refractivity contribution in [1.82, 2.24) is 0 Å². The number of hydrogen-bond donors (Lipinski definition) is 5. The van der Waals surface area contributed by atoms with E-state index < -0.39 is 28.0 Å². The van der Waals surface area contributed by atoms with Gasteiger partial charge in [-0.2, -0.15) is 0 Å². The SMILES string of the molecule is CC(C)(O)C#Cc1cc(C#CC(C)(C)O)c(C#CC(C)(C)O)c(C#CC(C)(C)O)c1C#CC(C)(C)O. The Bertz CT molecular complexity index is 1220. The minimum Gasteiger partial charge on any atom is -0.378 e. The van der Waals surface area contributed by atoms with E-state index in [1.807, 2.05) is 0 Å². The van der Waals surface area contributed by atoms with Crippen molar-refractivity contribution in [3.05, 3.63) is 33.9 Å². The summed E-state index contributed by atoms with van der Waals surface area (Å²) in [5.74, 6) is 28.4. The van der Waals surface area contributed by atoms with Crippen molar-refractivity contribution < 1.29 is 25.5 Å². The Labute approximate surface area is 216 Å². The molecule has 0 unspecified atom stereocenters. The molecule has 0 bridgehead atoms. The zero-order valence-electron chi connectivity index (χ0n) is 22.8. The van der Waals surface area contributed by atoms with Crippen LogP contribution in [-0.2, 0) is 0 Å². The number of benzene rings is 1. The summed E-state index contributed by atoms with van der Waals surface area (Å²) in [5.41, 5.74) is -4.98. The fourth-order valence-electron chi connectivity index (χ4n) is 2.35. The van der Waals surface area contributed by atoms with Crippen molar-refractivity contribution in [2.75, 3.05) is 0 Å². The minimum atomic E-state index is -1.35. The van der Waals surface area contributed by atoms with Gasteiger partial charge in [-0.05, 0) is 75.3 Å². The van der Waals surface area contributed by atoms with Gasteiger partial charge in [-0.25, -0.2) is 0 Å². The molecule has 1 aromatic rings. The smallest absolute Gasteiger partial charge is 0.120 e. The molecule has 0 fully saturated rings. The van der Waals surface area contributed by atoms with Crippen LogP contribution in [0.2, 0.25) is 0 Å². The Morgan fingerprint density at radius 1 is 0.389 bits per heavy atom. The van der Waals surface area contributed by atoms with Gasteiger partial charge in [-0.1, -0.05) is 59.2 Å². The molecule has 1 aromatic carbocycles. The van der Waals surface area contributed by atoms with Crippen LogP contribution in [0.1, 0.15) is 97.1 Å². The molecule has 0 saturated carbocycles. The van der Waals surface area contributed by atoms with Gasteiger partial charge in [-0.3, -0.25) is 0 Å². The van der Waals surface area contributed by atoms with Gasteiger partial charge in [0.25, 0.3) is 0 Å². The van der Waals surface area contributed by atoms with Crippen molar-refractivity contribution in [2.24, 2.45) is 0 Å². The summed E-state index contributed by atoms with van der Waals surface area (Å²) in [4.78, 5) is 0. The fourth-order valence-corrected chi connectivity index (χ4v) is 2.35. The molecule has 0 saturated heterocycles. The Hall–Kier alpha value is -3.18. The van der Waals surface area contributed by atoms with Crippen molar-refractivity contribution >= 4 is 0 Å². The molecule has 0 spiro atoms. The summed E-state index contributed by atoms with van der Waals surface area (Å²) in [6.07, 6.45) is 0. The Morgan fingerprint density at radius 2 is 0.611 bits per heavy atom. The maximum Gasteiger partial charge on any atom is 0.120 e. The van der Waals surface area contributed by atoms with Gasteiger partial charge < -0.3 is 25.5 Å². The summed E-state index contributed by atoms with van der Waals surface area (Å²) < 4.78 is 0. The molecule has 0 aliphatic heterocycles. The predicted molar refractivity (Wildman–Crippen MR) is 142 cm³/mol. The topological polar surface area (TPSA) is 101 Å². The van der Waals surface area contributed by atoms with Gasteiger partial charge in [0.1, 0.15) is 28.0 Å². The number of hydrogen-bond acceptors (Lipinski definition) is 5. The third-order valence-electron chi connectivity index (χ3n) is 3.81. The second kappa shape index (κ2) is 10.8. The van der Waals surface area contributed by atoms with E-state index in [9.17, 15) is 25.5 Å². The predicted octanol–water partition coefficient (Wildman–Crippen LogP) is 2.30. The minimum absolute atomic E-state index is 0.285. The van der Waals surface area contributed by atoms with Crippen LogP contribution in [0.15, 0.2) is 6.07 Å². The van der Waals surface area contributed by atoms with E-state index in [-0.39, 0.29) is 5.56 Å². The molecule has 0 heterocycles. The summed E-state index contributed by atoms with van der Waals surface area (Å²) in [5, 5.41) is 51.2. The van der Waals surface area contributed by atoms with Gasteiger partial charge in [-0.15, -0.1) is 0 Å². The fraction of sp³-hybridized carbons (Fsp3) is 0.484. The van der Waals surface area contributed by atoms with Gasteiger partial charge >= 0.3 is 0 Å². The lowest BCUT2D eigenvalue weighted by molar-refractivity contribution is 0.143. The van der Waals surface area contributed by atoms with E-state index in [2.05, 4.69) is 59.2 Å². The van der Waals surface area contributed by atoms with Crippen LogP contribution in [0.5, 0.6) is 0 Å². The zero-order chi connectivity index (χ0) is 28.2. The summed E-state index contributed by atoms with van der Waals surface area (Å²) in [7, 11) is 0. The molecule has 0 aromatic heterocycles. The van der Waals surface area contributed by atoms with Crippen LogP contribution >= 0.6 is 0 Å². The molecule has 5 nitrogen and oxygen atoms in total. The van der Waals surface area contributed by atoms with E-state index >= 15 is 0 Å². The van der Waals surface area contributed by atoms with Crippen molar-refractivity contribution in [3.63, 3.8) is 0 Å². The van der Waals surface area contributed by atoms with Gasteiger partial charge in [0, 0.05) is 11.1 Å². The highest BCUT2D eigenvalue weighted by atomic mass is 16.3. The lowest BCUT2D eigenvalue weighted by atomic mass is 9.90. The van der Waals surface area contributed by atoms with E-state index in [0.717, 1.165) is 0 Å². The average Bonchev–Trinajstić information content (AvgIpc) is 2.63. The summed E-state index contributed by atoms with van der Waals surface area (Å²) in [6, 6.07) is 1.62. The first-order valence-electron chi connectivity index (χ1n) is 11.4. The molecule has 0 atom stereocenters. The second-order valence-corrected chi connectivity index (χ2v) is 11.1. The quantitative estimate of drug-likeness (QED) is 0.361. The van der Waals surface area contributed by atoms with Crippen LogP contribution in [0.4, 0.5) is 0 Å². The highest BCUT2D eigenvalue weighted by molar-refractivity contribution is 5.71. The van der Waals surface area contributed by atoms with Gasteiger partial charge in [0.2, 0.25) is 0 Å². The lowest BCUT2D eigenvalue weighted by Crippen LogP contribution is -2.17. The van der Waals surface area contributed by atoms with Crippen molar-refractivity contribution in [1.29, 1.82) is 0 Å². The molecule has 190 valence electrons. The van der Waals surface area contributed by atoms with E-state index in [0.29, 0.717) is 22.3 Å². The Kier molecular flexibility index (Phi) is 9.28. The molecule has 1 rings (SSSR count). The van der Waals surface area contributed by atoms with Crippen LogP contribution < -0.4 is 0 Å². The molecule has 0 aliphatic rings. The molecular weight excluding hydrogens is 452 g/mol. The molecular formula is C31H36O5. The molecule has 5 heteroatoms. The van der Waals surface area contributed by atoms with Crippen LogP contribution in [0, 0.1) is 59.2 Å². The van der Waals surface area contributed by atoms with Crippen LogP contribution in [0.3, 0.4) is 0 Å². The monoisotopic (exact) mass is 488 g/mol. The maximum atomic E-state index is 10.3. The molecule has 0 aliphatic carbocycles. The average molecular weight is 489 g/mol. The highest BCUT2D eigenvalue weighted by Crippen LogP contribution is 2.23. The first kappa shape index (κ1) is 30.9. The Balaban J connectivity index is 4.45. The molecule has 0 radical (unpaired) electrons. The third-order valence-corrected chi connectivity index (χ3v) is 3.81. The first-order valence-corrected chi connectivity index (χ1v) is 11.4. The molecule has 36 heavy (non-hydrogen) atoms. The van der Waals surface area contributed by atoms with Crippen molar-refractivity contribution in [3.8, 4) is 59.2 Å². The summed E-state index contributed by atoms with van der Waals surface area (Å²) >= 11 is 0. The lowest BCUT2D eigenvalue weighted by Gasteiger charge is -2.13. The van der Waals surface area contributed by atoms with Gasteiger partial charge in [0.05, 0.1) is 16.7 Å². The van der Waals surface area contributed by atoms with E-state index in [1.54, 1.807) is 6.07 Å². The summed E-state index contributed by atoms with van der Waals surface area (Å²) in [6.45, 7) is 15.3. The van der Waals surface area contributed by atoms with E-state index in [4.69, 9.17) is 0 Å². The Morgan fingerprint density at radius 3 is 0.861 bits per heavy atom. The third kappa shape index (κ3) is 12.5. The van der Waals surface area contributed by atoms with E-state index in [1.165, 1.54) is 69.2 Å². The van der Waals surface area contributed by atoms with Gasteiger partial charge in [0.15, 0.2) is 0 Å². The molecule has 5 N–H and O–H groups in total. The molecule has 0 amide bonds. The van der Waals surface area contributed by atoms with Crippen LogP contribution in [0.25, 0.3) is 0 Å². The first-order chi connectivity index (χ1) is 16.0. The zero-order valence-corrected chi connectivity index (χ0v) is 22.8. The van der Waals surface area contributed by atoms with Crippen molar-refractivity contribution in [2.45, 2.75) is 97.2 Å². The highest BCUT2D eigenvalue weighted by Gasteiger charge is 2.18. The number of rotatable bonds is 0. The normalized spacial score (nSPS) is 11.8. The second-order valence-electron chi connectivity index (χ2n) is 11.1. The number of aliphatic hydroxyl groups is 5.